The monoisotopic (exact) mass is 336 g/mol. The Labute approximate surface area is 146 Å². The van der Waals surface area contributed by atoms with E-state index >= 15 is 0 Å². The fourth-order valence-electron chi connectivity index (χ4n) is 2.79. The lowest BCUT2D eigenvalue weighted by Gasteiger charge is -2.17. The van der Waals surface area contributed by atoms with Crippen molar-refractivity contribution < 1.29 is 14.3 Å². The van der Waals surface area contributed by atoms with Crippen LogP contribution in [-0.2, 0) is 9.59 Å². The normalized spacial score (nSPS) is 16.6. The van der Waals surface area contributed by atoms with Crippen LogP contribution in [0.4, 0.5) is 5.69 Å². The number of nitrogens with one attached hydrogen (secondary N) is 1. The minimum atomic E-state index is -0.625. The van der Waals surface area contributed by atoms with Crippen LogP contribution >= 0.6 is 0 Å². The highest BCUT2D eigenvalue weighted by molar-refractivity contribution is 6.09. The van der Waals surface area contributed by atoms with E-state index in [1.807, 2.05) is 54.6 Å². The number of hydrogen-bond donors (Lipinski definition) is 1. The number of rotatable bonds is 6. The Morgan fingerprint density at radius 1 is 1.16 bits per heavy atom. The van der Waals surface area contributed by atoms with Crippen LogP contribution in [-0.4, -0.2) is 24.9 Å². The lowest BCUT2D eigenvalue weighted by molar-refractivity contribution is -0.131. The first-order chi connectivity index (χ1) is 12.2. The molecular weight excluding hydrogens is 316 g/mol. The van der Waals surface area contributed by atoms with E-state index in [0.717, 1.165) is 11.4 Å². The molecule has 1 N–H and O–H groups in total. The molecule has 3 rings (SSSR count). The van der Waals surface area contributed by atoms with Crippen molar-refractivity contribution in [3.63, 3.8) is 0 Å². The molecule has 0 aromatic heterocycles. The Hall–Kier alpha value is -3.08. The quantitative estimate of drug-likeness (QED) is 0.651. The standard InChI is InChI=1S/C20H20N2O3/c1-2-13-21-19(23)18-12-14-22(20(18)24)15-8-10-17(11-9-15)25-16-6-4-3-5-7-16/h2-11,18H,1,12-14H2,(H,21,23)/t18-/m1/s1. The smallest absolute Gasteiger partial charge is 0.239 e. The summed E-state index contributed by atoms with van der Waals surface area (Å²) >= 11 is 0. The van der Waals surface area contributed by atoms with Gasteiger partial charge < -0.3 is 15.0 Å². The van der Waals surface area contributed by atoms with Gasteiger partial charge in [-0.2, -0.15) is 0 Å². The van der Waals surface area contributed by atoms with Crippen molar-refractivity contribution in [2.24, 2.45) is 5.92 Å². The lowest BCUT2D eigenvalue weighted by atomic mass is 10.1. The zero-order chi connectivity index (χ0) is 17.6. The van der Waals surface area contributed by atoms with Gasteiger partial charge in [-0.3, -0.25) is 9.59 Å². The minimum absolute atomic E-state index is 0.168. The number of nitrogens with zero attached hydrogens (tertiary/aromatic N) is 1. The fraction of sp³-hybridized carbons (Fsp3) is 0.200. The van der Waals surface area contributed by atoms with Gasteiger partial charge in [-0.05, 0) is 42.8 Å². The van der Waals surface area contributed by atoms with Gasteiger partial charge in [-0.15, -0.1) is 6.58 Å². The van der Waals surface area contributed by atoms with Gasteiger partial charge in [0.05, 0.1) is 0 Å². The van der Waals surface area contributed by atoms with E-state index in [4.69, 9.17) is 4.74 Å². The summed E-state index contributed by atoms with van der Waals surface area (Å²) in [6.07, 6.45) is 2.12. The van der Waals surface area contributed by atoms with Crippen LogP contribution in [0.2, 0.25) is 0 Å². The second-order valence-corrected chi connectivity index (χ2v) is 5.77. The number of carbonyl (C=O) groups excluding carboxylic acids is 2. The van der Waals surface area contributed by atoms with E-state index in [2.05, 4.69) is 11.9 Å². The van der Waals surface area contributed by atoms with Crippen molar-refractivity contribution in [1.82, 2.24) is 5.32 Å². The first kappa shape index (κ1) is 16.8. The van der Waals surface area contributed by atoms with E-state index in [9.17, 15) is 9.59 Å². The van der Waals surface area contributed by atoms with Crippen LogP contribution in [0.1, 0.15) is 6.42 Å². The second kappa shape index (κ2) is 7.66. The van der Waals surface area contributed by atoms with Crippen LogP contribution in [0.15, 0.2) is 67.3 Å². The van der Waals surface area contributed by atoms with Gasteiger partial charge in [0.25, 0.3) is 0 Å². The number of anilines is 1. The second-order valence-electron chi connectivity index (χ2n) is 5.77. The van der Waals surface area contributed by atoms with Crippen molar-refractivity contribution in [2.45, 2.75) is 6.42 Å². The molecule has 1 atom stereocenters. The van der Waals surface area contributed by atoms with Gasteiger partial charge in [0.15, 0.2) is 0 Å². The molecule has 2 aromatic rings. The van der Waals surface area contributed by atoms with Crippen molar-refractivity contribution in [3.05, 3.63) is 67.3 Å². The topological polar surface area (TPSA) is 58.6 Å². The third kappa shape index (κ3) is 3.88. The number of ether oxygens (including phenoxy) is 1. The summed E-state index contributed by atoms with van der Waals surface area (Å²) in [6, 6.07) is 16.8. The lowest BCUT2D eigenvalue weighted by Crippen LogP contribution is -2.36. The third-order valence-corrected chi connectivity index (χ3v) is 4.07. The molecule has 5 nitrogen and oxygen atoms in total. The largest absolute Gasteiger partial charge is 0.457 e. The zero-order valence-electron chi connectivity index (χ0n) is 13.9. The maximum atomic E-state index is 12.5. The van der Waals surface area contributed by atoms with Crippen molar-refractivity contribution in [3.8, 4) is 11.5 Å². The molecular formula is C20H20N2O3. The Kier molecular flexibility index (Phi) is 5.14. The van der Waals surface area contributed by atoms with Crippen LogP contribution in [0.25, 0.3) is 0 Å². The summed E-state index contributed by atoms with van der Waals surface area (Å²) in [6.45, 7) is 4.46. The molecule has 5 heteroatoms. The molecule has 2 amide bonds. The Balaban J connectivity index is 1.65. The summed E-state index contributed by atoms with van der Waals surface area (Å²) in [5.74, 6) is 0.420. The van der Waals surface area contributed by atoms with E-state index in [1.54, 1.807) is 11.0 Å². The predicted molar refractivity (Wildman–Crippen MR) is 96.6 cm³/mol. The van der Waals surface area contributed by atoms with Crippen LogP contribution < -0.4 is 15.0 Å². The number of para-hydroxylation sites is 1. The van der Waals surface area contributed by atoms with Crippen molar-refractivity contribution in [2.75, 3.05) is 18.0 Å². The maximum Gasteiger partial charge on any atom is 0.239 e. The highest BCUT2D eigenvalue weighted by Gasteiger charge is 2.37. The van der Waals surface area contributed by atoms with Gasteiger partial charge >= 0.3 is 0 Å². The van der Waals surface area contributed by atoms with E-state index in [0.29, 0.717) is 25.3 Å². The minimum Gasteiger partial charge on any atom is -0.457 e. The molecule has 0 aliphatic carbocycles. The molecule has 1 heterocycles. The molecule has 25 heavy (non-hydrogen) atoms. The van der Waals surface area contributed by atoms with E-state index in [1.165, 1.54) is 0 Å². The van der Waals surface area contributed by atoms with Crippen LogP contribution in [0.5, 0.6) is 11.5 Å². The zero-order valence-corrected chi connectivity index (χ0v) is 13.9. The first-order valence-corrected chi connectivity index (χ1v) is 8.22. The van der Waals surface area contributed by atoms with Crippen LogP contribution in [0.3, 0.4) is 0 Å². The molecule has 1 aliphatic rings. The van der Waals surface area contributed by atoms with Crippen molar-refractivity contribution in [1.29, 1.82) is 0 Å². The fourth-order valence-corrected chi connectivity index (χ4v) is 2.79. The first-order valence-electron chi connectivity index (χ1n) is 8.22. The molecule has 1 fully saturated rings. The molecule has 0 bridgehead atoms. The molecule has 0 spiro atoms. The molecule has 0 saturated carbocycles. The van der Waals surface area contributed by atoms with Gasteiger partial charge in [0.1, 0.15) is 17.4 Å². The molecule has 2 aromatic carbocycles. The number of hydrogen-bond acceptors (Lipinski definition) is 3. The molecule has 128 valence electrons. The summed E-state index contributed by atoms with van der Waals surface area (Å²) in [5, 5.41) is 2.69. The predicted octanol–water partition coefficient (Wildman–Crippen LogP) is 3.13. The number of carbonyl (C=O) groups is 2. The summed E-state index contributed by atoms with van der Waals surface area (Å²) in [4.78, 5) is 26.2. The van der Waals surface area contributed by atoms with E-state index < -0.39 is 5.92 Å². The molecule has 0 unspecified atom stereocenters. The number of benzene rings is 2. The van der Waals surface area contributed by atoms with E-state index in [-0.39, 0.29) is 11.8 Å². The van der Waals surface area contributed by atoms with Gasteiger partial charge in [-0.25, -0.2) is 0 Å². The Bertz CT molecular complexity index is 756. The van der Waals surface area contributed by atoms with Gasteiger partial charge in [-0.1, -0.05) is 24.3 Å². The van der Waals surface area contributed by atoms with Gasteiger partial charge in [0.2, 0.25) is 11.8 Å². The maximum absolute atomic E-state index is 12.5. The molecule has 1 aliphatic heterocycles. The highest BCUT2D eigenvalue weighted by atomic mass is 16.5. The number of amides is 2. The Morgan fingerprint density at radius 3 is 2.52 bits per heavy atom. The average molecular weight is 336 g/mol. The molecule has 0 radical (unpaired) electrons. The Morgan fingerprint density at radius 2 is 1.84 bits per heavy atom. The molecule has 1 saturated heterocycles. The summed E-state index contributed by atoms with van der Waals surface area (Å²) in [7, 11) is 0. The van der Waals surface area contributed by atoms with Crippen molar-refractivity contribution >= 4 is 17.5 Å². The highest BCUT2D eigenvalue weighted by Crippen LogP contribution is 2.28. The summed E-state index contributed by atoms with van der Waals surface area (Å²) in [5.41, 5.74) is 0.768. The average Bonchev–Trinajstić information content (AvgIpc) is 3.03. The third-order valence-electron chi connectivity index (χ3n) is 4.07. The van der Waals surface area contributed by atoms with Gasteiger partial charge in [0, 0.05) is 18.8 Å². The SMILES string of the molecule is C=CCNC(=O)[C@H]1CCN(c2ccc(Oc3ccccc3)cc2)C1=O. The summed E-state index contributed by atoms with van der Waals surface area (Å²) < 4.78 is 5.75. The van der Waals surface area contributed by atoms with Crippen LogP contribution in [0, 0.1) is 5.92 Å².